The molecule has 150 valence electrons. The molecule has 0 heterocycles. The van der Waals surface area contributed by atoms with Gasteiger partial charge in [-0.15, -0.1) is 0 Å². The van der Waals surface area contributed by atoms with Crippen molar-refractivity contribution in [1.82, 2.24) is 5.32 Å². The number of esters is 1. The van der Waals surface area contributed by atoms with Gasteiger partial charge in [-0.3, -0.25) is 9.36 Å². The minimum atomic E-state index is -3.86. The van der Waals surface area contributed by atoms with Crippen molar-refractivity contribution < 1.29 is 27.9 Å². The van der Waals surface area contributed by atoms with Crippen LogP contribution in [0.15, 0.2) is 54.6 Å². The lowest BCUT2D eigenvalue weighted by atomic mass is 10.0. The molecule has 0 saturated heterocycles. The molecule has 2 aromatic carbocycles. The topological polar surface area (TPSA) is 90.9 Å². The predicted octanol–water partition coefficient (Wildman–Crippen LogP) is 3.84. The van der Waals surface area contributed by atoms with E-state index in [1.807, 2.05) is 0 Å². The summed E-state index contributed by atoms with van der Waals surface area (Å²) >= 11 is 5.94. The number of ether oxygens (including phenoxy) is 1. The van der Waals surface area contributed by atoms with Crippen LogP contribution in [0.25, 0.3) is 0 Å². The fourth-order valence-corrected chi connectivity index (χ4v) is 4.56. The van der Waals surface area contributed by atoms with Crippen LogP contribution in [0, 0.1) is 0 Å². The van der Waals surface area contributed by atoms with Gasteiger partial charge in [-0.05, 0) is 29.8 Å². The number of halogens is 1. The smallest absolute Gasteiger partial charge is 0.340 e. The molecule has 1 amide bonds. The fourth-order valence-electron chi connectivity index (χ4n) is 2.73. The Hall–Kier alpha value is -2.18. The Kier molecular flexibility index (Phi) is 7.78. The van der Waals surface area contributed by atoms with Gasteiger partial charge >= 0.3 is 13.6 Å². The summed E-state index contributed by atoms with van der Waals surface area (Å²) in [5.41, 5.74) is -0.393. The molecule has 9 heteroatoms. The van der Waals surface area contributed by atoms with Crippen molar-refractivity contribution in [2.75, 3.05) is 21.3 Å². The lowest BCUT2D eigenvalue weighted by molar-refractivity contribution is -0.143. The van der Waals surface area contributed by atoms with Gasteiger partial charge in [0.15, 0.2) is 0 Å². The Bertz CT molecular complexity index is 850. The minimum Gasteiger partial charge on any atom is -0.467 e. The van der Waals surface area contributed by atoms with E-state index in [0.717, 1.165) is 0 Å². The van der Waals surface area contributed by atoms with E-state index in [-0.39, 0.29) is 0 Å². The van der Waals surface area contributed by atoms with E-state index in [4.69, 9.17) is 25.4 Å². The summed E-state index contributed by atoms with van der Waals surface area (Å²) in [6, 6.07) is 13.3. The van der Waals surface area contributed by atoms with Crippen molar-refractivity contribution in [1.29, 1.82) is 0 Å². The SMILES string of the molecule is COC(=O)[C@@H](NC(=O)c1ccccc1)[C@@H](c1ccc(Cl)cc1)P(=O)(OC)OC. The van der Waals surface area contributed by atoms with Gasteiger partial charge in [0.05, 0.1) is 7.11 Å². The number of hydrogen-bond acceptors (Lipinski definition) is 6. The van der Waals surface area contributed by atoms with Gasteiger partial charge in [-0.25, -0.2) is 4.79 Å². The van der Waals surface area contributed by atoms with Gasteiger partial charge < -0.3 is 19.1 Å². The molecule has 2 rings (SSSR count). The molecule has 0 aromatic heterocycles. The lowest BCUT2D eigenvalue weighted by Crippen LogP contribution is -2.45. The summed E-state index contributed by atoms with van der Waals surface area (Å²) in [5.74, 6) is -1.33. The molecule has 0 fully saturated rings. The molecule has 28 heavy (non-hydrogen) atoms. The third-order valence-electron chi connectivity index (χ3n) is 4.15. The Labute approximate surface area is 168 Å². The molecule has 0 saturated carbocycles. The van der Waals surface area contributed by atoms with Crippen molar-refractivity contribution >= 4 is 31.1 Å². The van der Waals surface area contributed by atoms with Gasteiger partial charge in [0, 0.05) is 24.8 Å². The molecule has 0 spiro atoms. The highest BCUT2D eigenvalue weighted by atomic mass is 35.5. The highest BCUT2D eigenvalue weighted by Gasteiger charge is 2.46. The summed E-state index contributed by atoms with van der Waals surface area (Å²) in [4.78, 5) is 25.2. The number of methoxy groups -OCH3 is 1. The molecular formula is C19H21ClNO6P. The molecule has 2 atom stereocenters. The van der Waals surface area contributed by atoms with Crippen LogP contribution in [-0.2, 0) is 23.1 Å². The van der Waals surface area contributed by atoms with E-state index < -0.39 is 31.2 Å². The van der Waals surface area contributed by atoms with Gasteiger partial charge in [0.25, 0.3) is 5.91 Å². The molecule has 2 aromatic rings. The second kappa shape index (κ2) is 9.85. The van der Waals surface area contributed by atoms with Crippen molar-refractivity contribution in [3.8, 4) is 0 Å². The monoisotopic (exact) mass is 425 g/mol. The third-order valence-corrected chi connectivity index (χ3v) is 6.70. The number of benzene rings is 2. The van der Waals surface area contributed by atoms with Gasteiger partial charge in [-0.1, -0.05) is 41.9 Å². The number of hydrogen-bond donors (Lipinski definition) is 1. The Balaban J connectivity index is 2.52. The van der Waals surface area contributed by atoms with Crippen LogP contribution < -0.4 is 5.32 Å². The zero-order valence-electron chi connectivity index (χ0n) is 15.6. The summed E-state index contributed by atoms with van der Waals surface area (Å²) in [6.07, 6.45) is 0. The summed E-state index contributed by atoms with van der Waals surface area (Å²) in [7, 11) is -0.266. The van der Waals surface area contributed by atoms with Crippen LogP contribution in [0.2, 0.25) is 5.02 Å². The van der Waals surface area contributed by atoms with Crippen LogP contribution in [-0.4, -0.2) is 39.2 Å². The molecule has 0 aliphatic rings. The lowest BCUT2D eigenvalue weighted by Gasteiger charge is -2.30. The van der Waals surface area contributed by atoms with Crippen LogP contribution >= 0.6 is 19.2 Å². The highest BCUT2D eigenvalue weighted by Crippen LogP contribution is 2.61. The standard InChI is InChI=1S/C19H21ClNO6P/c1-25-19(23)16(21-18(22)14-7-5-4-6-8-14)17(28(24,26-2)27-3)13-9-11-15(20)12-10-13/h4-12,16-17H,1-3H3,(H,21,22)/t16-,17+/m0/s1. The van der Waals surface area contributed by atoms with Crippen molar-refractivity contribution in [2.24, 2.45) is 0 Å². The van der Waals surface area contributed by atoms with Crippen LogP contribution in [0.1, 0.15) is 21.6 Å². The molecule has 0 aliphatic heterocycles. The summed E-state index contributed by atoms with van der Waals surface area (Å²) in [5, 5.41) is 3.05. The van der Waals surface area contributed by atoms with Gasteiger partial charge in [-0.2, -0.15) is 0 Å². The molecule has 0 bridgehead atoms. The molecule has 0 unspecified atom stereocenters. The Morgan fingerprint density at radius 1 is 0.964 bits per heavy atom. The zero-order chi connectivity index (χ0) is 20.7. The normalized spacial score (nSPS) is 13.4. The van der Waals surface area contributed by atoms with Gasteiger partial charge in [0.2, 0.25) is 0 Å². The largest absolute Gasteiger partial charge is 0.467 e. The van der Waals surface area contributed by atoms with Crippen LogP contribution in [0.4, 0.5) is 0 Å². The molecule has 0 aliphatic carbocycles. The molecule has 7 nitrogen and oxygen atoms in total. The first-order valence-electron chi connectivity index (χ1n) is 8.26. The first-order valence-corrected chi connectivity index (χ1v) is 10.3. The van der Waals surface area contributed by atoms with Crippen molar-refractivity contribution in [3.63, 3.8) is 0 Å². The predicted molar refractivity (Wildman–Crippen MR) is 106 cm³/mol. The Morgan fingerprint density at radius 2 is 1.54 bits per heavy atom. The number of carbonyl (C=O) groups excluding carboxylic acids is 2. The number of carbonyl (C=O) groups is 2. The maximum absolute atomic E-state index is 13.3. The average molecular weight is 426 g/mol. The molecular weight excluding hydrogens is 405 g/mol. The zero-order valence-corrected chi connectivity index (χ0v) is 17.3. The third kappa shape index (κ3) is 5.00. The second-order valence-electron chi connectivity index (χ2n) is 5.74. The maximum Gasteiger partial charge on any atom is 0.340 e. The minimum absolute atomic E-state index is 0.330. The Morgan fingerprint density at radius 3 is 2.04 bits per heavy atom. The van der Waals surface area contributed by atoms with E-state index in [0.29, 0.717) is 16.1 Å². The van der Waals surface area contributed by atoms with E-state index in [1.54, 1.807) is 54.6 Å². The molecule has 1 N–H and O–H groups in total. The molecule has 0 radical (unpaired) electrons. The van der Waals surface area contributed by atoms with Crippen LogP contribution in [0.5, 0.6) is 0 Å². The van der Waals surface area contributed by atoms with Crippen molar-refractivity contribution in [2.45, 2.75) is 11.7 Å². The second-order valence-corrected chi connectivity index (χ2v) is 8.54. The first-order chi connectivity index (χ1) is 13.4. The van der Waals surface area contributed by atoms with E-state index in [1.165, 1.54) is 21.3 Å². The number of nitrogens with one attached hydrogen (secondary N) is 1. The first kappa shape index (κ1) is 22.1. The summed E-state index contributed by atoms with van der Waals surface area (Å²) in [6.45, 7) is 0. The van der Waals surface area contributed by atoms with Gasteiger partial charge in [0.1, 0.15) is 11.7 Å². The quantitative estimate of drug-likeness (QED) is 0.510. The average Bonchev–Trinajstić information content (AvgIpc) is 2.74. The highest BCUT2D eigenvalue weighted by molar-refractivity contribution is 7.54. The number of amides is 1. The van der Waals surface area contributed by atoms with E-state index >= 15 is 0 Å². The van der Waals surface area contributed by atoms with E-state index in [9.17, 15) is 14.2 Å². The van der Waals surface area contributed by atoms with Crippen molar-refractivity contribution in [3.05, 3.63) is 70.7 Å². The number of rotatable bonds is 8. The maximum atomic E-state index is 13.3. The fraction of sp³-hybridized carbons (Fsp3) is 0.263. The van der Waals surface area contributed by atoms with E-state index in [2.05, 4.69) is 5.32 Å². The summed E-state index contributed by atoms with van der Waals surface area (Å²) < 4.78 is 28.4. The van der Waals surface area contributed by atoms with Crippen LogP contribution in [0.3, 0.4) is 0 Å².